The van der Waals surface area contributed by atoms with Gasteiger partial charge in [0.1, 0.15) is 6.04 Å². The first-order valence-electron chi connectivity index (χ1n) is 9.69. The number of ether oxygens (including phenoxy) is 1. The summed E-state index contributed by atoms with van der Waals surface area (Å²) in [6.45, 7) is 0. The number of amides is 1. The average molecular weight is 433 g/mol. The molecule has 0 aliphatic carbocycles. The van der Waals surface area contributed by atoms with Crippen LogP contribution in [0, 0.1) is 10.1 Å². The zero-order valence-corrected chi connectivity index (χ0v) is 17.0. The number of methoxy groups -OCH3 is 1. The number of non-ortho nitro benzene ring substituents is 1. The second kappa shape index (κ2) is 8.72. The topological polar surface area (TPSA) is 132 Å². The fourth-order valence-corrected chi connectivity index (χ4v) is 3.41. The lowest BCUT2D eigenvalue weighted by Crippen LogP contribution is -2.43. The molecule has 0 saturated heterocycles. The number of esters is 1. The molecule has 10 nitrogen and oxygen atoms in total. The van der Waals surface area contributed by atoms with Crippen molar-refractivity contribution < 1.29 is 19.2 Å². The molecule has 0 saturated carbocycles. The minimum absolute atomic E-state index is 0.0444. The maximum atomic E-state index is 12.8. The Labute approximate surface area is 182 Å². The van der Waals surface area contributed by atoms with E-state index in [9.17, 15) is 19.7 Å². The quantitative estimate of drug-likeness (QED) is 0.262. The second-order valence-corrected chi connectivity index (χ2v) is 7.06. The predicted octanol–water partition coefficient (Wildman–Crippen LogP) is 2.78. The molecule has 32 heavy (non-hydrogen) atoms. The van der Waals surface area contributed by atoms with E-state index in [2.05, 4.69) is 15.4 Å². The van der Waals surface area contributed by atoms with Gasteiger partial charge in [0.2, 0.25) is 0 Å². The highest BCUT2D eigenvalue weighted by Gasteiger charge is 2.24. The third-order valence-electron chi connectivity index (χ3n) is 5.06. The molecule has 2 aromatic carbocycles. The number of fused-ring (bicyclic) bond motifs is 1. The number of hydrogen-bond acceptors (Lipinski definition) is 6. The Balaban J connectivity index is 1.51. The third kappa shape index (κ3) is 4.19. The van der Waals surface area contributed by atoms with E-state index in [1.807, 2.05) is 24.3 Å². The summed E-state index contributed by atoms with van der Waals surface area (Å²) in [4.78, 5) is 38.6. The molecule has 0 fully saturated rings. The Morgan fingerprint density at radius 2 is 1.97 bits per heavy atom. The molecule has 2 heterocycles. The summed E-state index contributed by atoms with van der Waals surface area (Å²) in [6, 6.07) is 12.5. The van der Waals surface area contributed by atoms with E-state index in [0.29, 0.717) is 5.69 Å². The summed E-state index contributed by atoms with van der Waals surface area (Å²) in [5, 5.41) is 18.6. The van der Waals surface area contributed by atoms with Crippen molar-refractivity contribution in [3.05, 3.63) is 88.4 Å². The van der Waals surface area contributed by atoms with E-state index in [-0.39, 0.29) is 17.7 Å². The number of nitro benzene ring substituents is 1. The second-order valence-electron chi connectivity index (χ2n) is 7.06. The zero-order valence-electron chi connectivity index (χ0n) is 17.0. The number of nitro groups is 1. The number of benzene rings is 2. The molecule has 0 aliphatic rings. The molecule has 1 atom stereocenters. The van der Waals surface area contributed by atoms with Crippen LogP contribution in [0.25, 0.3) is 16.6 Å². The Morgan fingerprint density at radius 3 is 2.69 bits per heavy atom. The van der Waals surface area contributed by atoms with Crippen molar-refractivity contribution in [3.8, 4) is 5.69 Å². The van der Waals surface area contributed by atoms with Crippen LogP contribution < -0.4 is 5.32 Å². The molecule has 10 heteroatoms. The van der Waals surface area contributed by atoms with E-state index in [1.54, 1.807) is 6.20 Å². The van der Waals surface area contributed by atoms with Crippen molar-refractivity contribution in [2.45, 2.75) is 12.5 Å². The van der Waals surface area contributed by atoms with Crippen LogP contribution in [0.2, 0.25) is 0 Å². The van der Waals surface area contributed by atoms with Crippen LogP contribution in [0.15, 0.2) is 67.1 Å². The molecule has 0 radical (unpaired) electrons. The van der Waals surface area contributed by atoms with Gasteiger partial charge in [-0.15, -0.1) is 0 Å². The summed E-state index contributed by atoms with van der Waals surface area (Å²) in [6.07, 6.45) is 4.89. The van der Waals surface area contributed by atoms with Crippen LogP contribution in [0.3, 0.4) is 0 Å². The zero-order chi connectivity index (χ0) is 22.7. The minimum Gasteiger partial charge on any atom is -0.467 e. The van der Waals surface area contributed by atoms with Gasteiger partial charge in [-0.1, -0.05) is 18.2 Å². The molecule has 0 spiro atoms. The van der Waals surface area contributed by atoms with Crippen LogP contribution >= 0.6 is 0 Å². The van der Waals surface area contributed by atoms with E-state index in [1.165, 1.54) is 48.5 Å². The van der Waals surface area contributed by atoms with E-state index < -0.39 is 22.8 Å². The lowest BCUT2D eigenvalue weighted by atomic mass is 10.0. The van der Waals surface area contributed by atoms with Crippen molar-refractivity contribution in [1.29, 1.82) is 0 Å². The molecular weight excluding hydrogens is 414 g/mol. The van der Waals surface area contributed by atoms with Crippen LogP contribution in [0.5, 0.6) is 0 Å². The molecule has 0 unspecified atom stereocenters. The molecule has 2 N–H and O–H groups in total. The van der Waals surface area contributed by atoms with Gasteiger partial charge in [0.25, 0.3) is 11.6 Å². The smallest absolute Gasteiger partial charge is 0.328 e. The van der Waals surface area contributed by atoms with Crippen molar-refractivity contribution in [2.24, 2.45) is 0 Å². The fraction of sp³-hybridized carbons (Fsp3) is 0.136. The van der Waals surface area contributed by atoms with Crippen LogP contribution in [0.4, 0.5) is 5.69 Å². The number of nitrogens with one attached hydrogen (secondary N) is 2. The normalized spacial score (nSPS) is 11.8. The number of nitrogens with zero attached hydrogens (tertiary/aromatic N) is 3. The van der Waals surface area contributed by atoms with Gasteiger partial charge >= 0.3 is 5.97 Å². The molecule has 1 amide bonds. The van der Waals surface area contributed by atoms with Crippen molar-refractivity contribution in [2.75, 3.05) is 7.11 Å². The summed E-state index contributed by atoms with van der Waals surface area (Å²) in [5.41, 5.74) is 2.55. The first kappa shape index (κ1) is 20.8. The summed E-state index contributed by atoms with van der Waals surface area (Å²) >= 11 is 0. The number of carbonyl (C=O) groups is 2. The molecule has 162 valence electrons. The number of aromatic nitrogens is 3. The summed E-state index contributed by atoms with van der Waals surface area (Å²) < 4.78 is 6.30. The number of aromatic amines is 1. The Bertz CT molecular complexity index is 1290. The van der Waals surface area contributed by atoms with Gasteiger partial charge in [-0.3, -0.25) is 14.9 Å². The number of para-hydroxylation sites is 1. The third-order valence-corrected chi connectivity index (χ3v) is 5.06. The summed E-state index contributed by atoms with van der Waals surface area (Å²) in [5.74, 6) is -1.06. The molecule has 0 bridgehead atoms. The molecule has 4 aromatic rings. The molecular formula is C22H19N5O5. The lowest BCUT2D eigenvalue weighted by molar-refractivity contribution is -0.384. The van der Waals surface area contributed by atoms with Gasteiger partial charge in [0, 0.05) is 41.9 Å². The van der Waals surface area contributed by atoms with Gasteiger partial charge < -0.3 is 15.0 Å². The standard InChI is InChI=1S/C22H19N5O5/c1-32-22(29)20(10-14-11-23-19-5-3-2-4-18(14)19)25-21(28)15-12-24-26(13-15)16-6-8-17(9-7-16)27(30)31/h2-9,11-13,20,23H,10H2,1H3,(H,25,28)/t20-/m1/s1. The highest BCUT2D eigenvalue weighted by molar-refractivity contribution is 5.96. The first-order valence-corrected chi connectivity index (χ1v) is 9.69. The maximum absolute atomic E-state index is 12.8. The minimum atomic E-state index is -0.894. The first-order chi connectivity index (χ1) is 15.5. The largest absolute Gasteiger partial charge is 0.467 e. The van der Waals surface area contributed by atoms with E-state index >= 15 is 0 Å². The Kier molecular flexibility index (Phi) is 5.67. The monoisotopic (exact) mass is 433 g/mol. The van der Waals surface area contributed by atoms with Gasteiger partial charge in [0.05, 0.1) is 29.5 Å². The molecule has 2 aromatic heterocycles. The van der Waals surface area contributed by atoms with Crippen LogP contribution in [0.1, 0.15) is 15.9 Å². The highest BCUT2D eigenvalue weighted by atomic mass is 16.6. The van der Waals surface area contributed by atoms with Crippen molar-refractivity contribution in [1.82, 2.24) is 20.1 Å². The number of hydrogen-bond donors (Lipinski definition) is 2. The van der Waals surface area contributed by atoms with Crippen molar-refractivity contribution >= 4 is 28.5 Å². The number of rotatable bonds is 7. The van der Waals surface area contributed by atoms with Gasteiger partial charge in [0.15, 0.2) is 0 Å². The molecule has 4 rings (SSSR count). The summed E-state index contributed by atoms with van der Waals surface area (Å²) in [7, 11) is 1.27. The van der Waals surface area contributed by atoms with Gasteiger partial charge in [-0.05, 0) is 23.8 Å². The van der Waals surface area contributed by atoms with Gasteiger partial charge in [-0.25, -0.2) is 9.48 Å². The van der Waals surface area contributed by atoms with E-state index in [0.717, 1.165) is 16.5 Å². The van der Waals surface area contributed by atoms with Crippen LogP contribution in [-0.4, -0.2) is 44.7 Å². The van der Waals surface area contributed by atoms with Crippen molar-refractivity contribution in [3.63, 3.8) is 0 Å². The number of H-pyrrole nitrogens is 1. The van der Waals surface area contributed by atoms with E-state index in [4.69, 9.17) is 4.74 Å². The lowest BCUT2D eigenvalue weighted by Gasteiger charge is -2.15. The maximum Gasteiger partial charge on any atom is 0.328 e. The SMILES string of the molecule is COC(=O)[C@@H](Cc1c[nH]c2ccccc12)NC(=O)c1cnn(-c2ccc([N+](=O)[O-])cc2)c1. The van der Waals surface area contributed by atoms with Gasteiger partial charge in [-0.2, -0.15) is 5.10 Å². The fourth-order valence-electron chi connectivity index (χ4n) is 3.41. The molecule has 0 aliphatic heterocycles. The van der Waals surface area contributed by atoms with Crippen LogP contribution in [-0.2, 0) is 16.0 Å². The Morgan fingerprint density at radius 1 is 1.22 bits per heavy atom. The highest BCUT2D eigenvalue weighted by Crippen LogP contribution is 2.20. The average Bonchev–Trinajstić information content (AvgIpc) is 3.46. The number of carbonyl (C=O) groups excluding carboxylic acids is 2. The Hall–Kier alpha value is -4.47. The predicted molar refractivity (Wildman–Crippen MR) is 115 cm³/mol.